The largest absolute Gasteiger partial charge is 0.497 e. The van der Waals surface area contributed by atoms with E-state index in [4.69, 9.17) is 16.3 Å². The molecule has 0 aliphatic heterocycles. The van der Waals surface area contributed by atoms with Crippen LogP contribution in [0, 0.1) is 6.92 Å². The Morgan fingerprint density at radius 1 is 1.25 bits per heavy atom. The highest BCUT2D eigenvalue weighted by Gasteiger charge is 2.20. The number of aliphatic hydroxyl groups is 1. The second kappa shape index (κ2) is 6.93. The van der Waals surface area contributed by atoms with E-state index in [9.17, 15) is 5.11 Å². The maximum absolute atomic E-state index is 9.26. The van der Waals surface area contributed by atoms with Crippen LogP contribution in [0.3, 0.4) is 0 Å². The summed E-state index contributed by atoms with van der Waals surface area (Å²) in [6, 6.07) is 7.92. The quantitative estimate of drug-likeness (QED) is 0.699. The third-order valence-electron chi connectivity index (χ3n) is 3.86. The summed E-state index contributed by atoms with van der Waals surface area (Å²) in [6.45, 7) is 2.58. The van der Waals surface area contributed by atoms with Crippen LogP contribution in [0.2, 0.25) is 5.28 Å². The Hall–Kier alpha value is -1.89. The van der Waals surface area contributed by atoms with Crippen molar-refractivity contribution < 1.29 is 9.84 Å². The van der Waals surface area contributed by atoms with E-state index in [0.717, 1.165) is 37.8 Å². The predicted octanol–water partition coefficient (Wildman–Crippen LogP) is 3.76. The number of methoxy groups -OCH3 is 1. The Morgan fingerprint density at radius 3 is 2.58 bits per heavy atom. The van der Waals surface area contributed by atoms with Crippen molar-refractivity contribution in [3.63, 3.8) is 0 Å². The highest BCUT2D eigenvalue weighted by atomic mass is 35.5. The van der Waals surface area contributed by atoms with Crippen molar-refractivity contribution in [3.8, 4) is 16.9 Å². The number of likely N-dealkylation sites (N-methyl/N-ethyl adjacent to an activating group) is 1. The molecule has 5 nitrogen and oxygen atoms in total. The van der Waals surface area contributed by atoms with Gasteiger partial charge in [-0.1, -0.05) is 12.1 Å². The minimum absolute atomic E-state index is 0.0423. The fourth-order valence-corrected chi connectivity index (χ4v) is 3.96. The molecule has 24 heavy (non-hydrogen) atoms. The second-order valence-electron chi connectivity index (χ2n) is 5.40. The molecule has 0 bridgehead atoms. The summed E-state index contributed by atoms with van der Waals surface area (Å²) in [7, 11) is 3.54. The lowest BCUT2D eigenvalue weighted by molar-refractivity contribution is 0.304. The summed E-state index contributed by atoms with van der Waals surface area (Å²) in [4.78, 5) is 12.7. The molecule has 0 spiro atoms. The number of hydrogen-bond donors (Lipinski definition) is 1. The number of rotatable bonds is 5. The number of ether oxygens (including phenoxy) is 1. The molecule has 0 atom stereocenters. The number of halogens is 1. The topological polar surface area (TPSA) is 58.5 Å². The molecule has 1 aromatic carbocycles. The first-order chi connectivity index (χ1) is 11.5. The van der Waals surface area contributed by atoms with Gasteiger partial charge in [-0.15, -0.1) is 11.3 Å². The third-order valence-corrected chi connectivity index (χ3v) is 5.03. The first kappa shape index (κ1) is 17.0. The molecule has 2 heterocycles. The molecule has 0 fully saturated rings. The van der Waals surface area contributed by atoms with E-state index < -0.39 is 0 Å². The number of aromatic nitrogens is 2. The Labute approximate surface area is 149 Å². The monoisotopic (exact) mass is 363 g/mol. The van der Waals surface area contributed by atoms with Crippen molar-refractivity contribution in [2.24, 2.45) is 0 Å². The normalized spacial score (nSPS) is 11.0. The summed E-state index contributed by atoms with van der Waals surface area (Å²) in [5.74, 6) is 1.54. The van der Waals surface area contributed by atoms with Crippen LogP contribution in [0.4, 0.5) is 5.82 Å². The molecule has 0 saturated heterocycles. The average molecular weight is 364 g/mol. The number of aryl methyl sites for hydroxylation is 1. The van der Waals surface area contributed by atoms with Gasteiger partial charge in [0.25, 0.3) is 0 Å². The Kier molecular flexibility index (Phi) is 4.89. The molecular weight excluding hydrogens is 346 g/mol. The third kappa shape index (κ3) is 3.05. The lowest BCUT2D eigenvalue weighted by atomic mass is 10.0. The number of fused-ring (bicyclic) bond motifs is 1. The summed E-state index contributed by atoms with van der Waals surface area (Å²) in [5.41, 5.74) is 2.17. The minimum atomic E-state index is 0.0423. The molecular formula is C17H18ClN3O2S. The molecule has 3 aromatic rings. The Balaban J connectivity index is 2.24. The second-order valence-corrected chi connectivity index (χ2v) is 6.94. The van der Waals surface area contributed by atoms with Crippen LogP contribution < -0.4 is 9.64 Å². The molecule has 0 aliphatic carbocycles. The number of anilines is 1. The standard InChI is InChI=1S/C17H18ClN3O2S/c1-10-13(11-4-6-12(23-3)7-5-11)14-15(21(2)8-9-22)19-17(18)20-16(14)24-10/h4-7,22H,8-9H2,1-3H3. The zero-order chi connectivity index (χ0) is 17.3. The average Bonchev–Trinajstić information content (AvgIpc) is 2.90. The number of hydrogen-bond acceptors (Lipinski definition) is 6. The van der Waals surface area contributed by atoms with Gasteiger partial charge in [0.2, 0.25) is 5.28 Å². The maximum atomic E-state index is 9.26. The summed E-state index contributed by atoms with van der Waals surface area (Å²) in [6.07, 6.45) is 0. The van der Waals surface area contributed by atoms with Gasteiger partial charge in [-0.3, -0.25) is 0 Å². The summed E-state index contributed by atoms with van der Waals surface area (Å²) >= 11 is 7.69. The van der Waals surface area contributed by atoms with Crippen molar-refractivity contribution >= 4 is 39.0 Å². The molecule has 1 N–H and O–H groups in total. The molecule has 2 aromatic heterocycles. The van der Waals surface area contributed by atoms with Crippen LogP contribution in [-0.2, 0) is 0 Å². The fourth-order valence-electron chi connectivity index (χ4n) is 2.71. The zero-order valence-corrected chi connectivity index (χ0v) is 15.3. The lowest BCUT2D eigenvalue weighted by Gasteiger charge is -2.18. The van der Waals surface area contributed by atoms with E-state index in [-0.39, 0.29) is 11.9 Å². The Bertz CT molecular complexity index is 864. The van der Waals surface area contributed by atoms with Crippen LogP contribution >= 0.6 is 22.9 Å². The van der Waals surface area contributed by atoms with Gasteiger partial charge in [-0.2, -0.15) is 4.98 Å². The Morgan fingerprint density at radius 2 is 1.96 bits per heavy atom. The molecule has 3 rings (SSSR count). The summed E-state index contributed by atoms with van der Waals surface area (Å²) < 4.78 is 5.24. The number of thiophene rings is 1. The van der Waals surface area contributed by atoms with E-state index in [0.29, 0.717) is 6.54 Å². The van der Waals surface area contributed by atoms with Crippen molar-refractivity contribution in [1.82, 2.24) is 9.97 Å². The molecule has 0 radical (unpaired) electrons. The minimum Gasteiger partial charge on any atom is -0.497 e. The van der Waals surface area contributed by atoms with Gasteiger partial charge in [0.1, 0.15) is 16.4 Å². The van der Waals surface area contributed by atoms with E-state index in [1.54, 1.807) is 18.4 Å². The van der Waals surface area contributed by atoms with Crippen molar-refractivity contribution in [1.29, 1.82) is 0 Å². The maximum Gasteiger partial charge on any atom is 0.225 e. The van der Waals surface area contributed by atoms with Gasteiger partial charge >= 0.3 is 0 Å². The predicted molar refractivity (Wildman–Crippen MR) is 99.5 cm³/mol. The zero-order valence-electron chi connectivity index (χ0n) is 13.7. The number of benzene rings is 1. The van der Waals surface area contributed by atoms with Crippen molar-refractivity contribution in [2.75, 3.05) is 32.2 Å². The molecule has 7 heteroatoms. The van der Waals surface area contributed by atoms with Crippen LogP contribution in [-0.4, -0.2) is 42.4 Å². The first-order valence-corrected chi connectivity index (χ1v) is 8.67. The SMILES string of the molecule is COc1ccc(-c2c(C)sc3nc(Cl)nc(N(C)CCO)c23)cc1. The van der Waals surface area contributed by atoms with Gasteiger partial charge in [-0.25, -0.2) is 4.98 Å². The molecule has 0 saturated carbocycles. The number of nitrogens with zero attached hydrogens (tertiary/aromatic N) is 3. The van der Waals surface area contributed by atoms with Crippen LogP contribution in [0.5, 0.6) is 5.75 Å². The van der Waals surface area contributed by atoms with Gasteiger partial charge in [0.05, 0.1) is 19.1 Å². The molecule has 126 valence electrons. The van der Waals surface area contributed by atoms with Gasteiger partial charge in [-0.05, 0) is 36.2 Å². The molecule has 0 aliphatic rings. The smallest absolute Gasteiger partial charge is 0.225 e. The van der Waals surface area contributed by atoms with Crippen LogP contribution in [0.25, 0.3) is 21.3 Å². The molecule has 0 amide bonds. The lowest BCUT2D eigenvalue weighted by Crippen LogP contribution is -2.22. The fraction of sp³-hybridized carbons (Fsp3) is 0.294. The van der Waals surface area contributed by atoms with Crippen molar-refractivity contribution in [3.05, 3.63) is 34.4 Å². The van der Waals surface area contributed by atoms with Crippen molar-refractivity contribution in [2.45, 2.75) is 6.92 Å². The number of aliphatic hydroxyl groups excluding tert-OH is 1. The first-order valence-electron chi connectivity index (χ1n) is 7.48. The van der Waals surface area contributed by atoms with Gasteiger partial charge in [0, 0.05) is 24.0 Å². The van der Waals surface area contributed by atoms with Gasteiger partial charge in [0.15, 0.2) is 0 Å². The van der Waals surface area contributed by atoms with E-state index in [1.165, 1.54) is 0 Å². The highest BCUT2D eigenvalue weighted by Crippen LogP contribution is 2.42. The van der Waals surface area contributed by atoms with E-state index in [2.05, 4.69) is 16.9 Å². The van der Waals surface area contributed by atoms with E-state index in [1.807, 2.05) is 36.2 Å². The van der Waals surface area contributed by atoms with E-state index >= 15 is 0 Å². The molecule has 0 unspecified atom stereocenters. The van der Waals surface area contributed by atoms with Crippen LogP contribution in [0.1, 0.15) is 4.88 Å². The van der Waals surface area contributed by atoms with Gasteiger partial charge < -0.3 is 14.7 Å². The highest BCUT2D eigenvalue weighted by molar-refractivity contribution is 7.19. The summed E-state index contributed by atoms with van der Waals surface area (Å²) in [5, 5.41) is 10.4. The van der Waals surface area contributed by atoms with Crippen LogP contribution in [0.15, 0.2) is 24.3 Å².